The maximum Gasteiger partial charge on any atom is 0.294 e. The number of nitrogens with zero attached hydrogens (tertiary/aromatic N) is 6. The van der Waals surface area contributed by atoms with Gasteiger partial charge in [0.1, 0.15) is 0 Å². The molecule has 0 amide bonds. The van der Waals surface area contributed by atoms with Crippen LogP contribution in [-0.2, 0) is 40.3 Å². The van der Waals surface area contributed by atoms with Gasteiger partial charge in [-0.25, -0.2) is 26.3 Å². The Morgan fingerprint density at radius 1 is 0.720 bits per heavy atom. The molecule has 3 rings (SSSR count). The summed E-state index contributed by atoms with van der Waals surface area (Å²) in [5, 5.41) is 8.97. The van der Waals surface area contributed by atoms with Crippen molar-refractivity contribution >= 4 is 93.0 Å². The minimum Gasteiger partial charge on any atom is -0.353 e. The average Bonchev–Trinajstić information content (AvgIpc) is 2.96. The van der Waals surface area contributed by atoms with E-state index < -0.39 is 45.4 Å². The minimum absolute atomic E-state index is 0.0611. The van der Waals surface area contributed by atoms with Crippen molar-refractivity contribution in [3.63, 3.8) is 0 Å². The van der Waals surface area contributed by atoms with Crippen LogP contribution in [0.1, 0.15) is 12.5 Å². The van der Waals surface area contributed by atoms with Gasteiger partial charge < -0.3 is 21.3 Å². The lowest BCUT2D eigenvalue weighted by Crippen LogP contribution is -2.39. The van der Waals surface area contributed by atoms with Crippen LogP contribution in [0.15, 0.2) is 34.1 Å². The van der Waals surface area contributed by atoms with Crippen molar-refractivity contribution in [3.05, 3.63) is 45.3 Å². The molecule has 0 unspecified atom stereocenters. The molecule has 0 saturated carbocycles. The van der Waals surface area contributed by atoms with Gasteiger partial charge in [-0.05, 0) is 60.8 Å². The highest BCUT2D eigenvalue weighted by molar-refractivity contribution is 8.06. The Bertz CT molecular complexity index is 2180. The number of anilines is 5. The van der Waals surface area contributed by atoms with Crippen molar-refractivity contribution in [2.75, 3.05) is 59.1 Å². The maximum absolute atomic E-state index is 12.4. The maximum atomic E-state index is 12.4. The lowest BCUT2D eigenvalue weighted by molar-refractivity contribution is 0.482. The molecule has 22 nitrogen and oxygen atoms in total. The van der Waals surface area contributed by atoms with E-state index in [1.165, 1.54) is 19.1 Å². The van der Waals surface area contributed by atoms with E-state index in [1.807, 2.05) is 0 Å². The summed E-state index contributed by atoms with van der Waals surface area (Å²) < 4.78 is 117. The summed E-state index contributed by atoms with van der Waals surface area (Å²) >= 11 is 11.8. The Kier molecular flexibility index (Phi) is 13.9. The van der Waals surface area contributed by atoms with E-state index in [2.05, 4.69) is 60.6 Å². The second kappa shape index (κ2) is 17.1. The van der Waals surface area contributed by atoms with E-state index in [1.54, 1.807) is 6.92 Å². The third-order valence-corrected chi connectivity index (χ3v) is 11.7. The van der Waals surface area contributed by atoms with Gasteiger partial charge in [-0.3, -0.25) is 9.11 Å². The highest BCUT2D eigenvalue weighted by Crippen LogP contribution is 2.23. The van der Waals surface area contributed by atoms with Crippen LogP contribution in [0.25, 0.3) is 0 Å². The number of hydrogen-bond acceptors (Lipinski definition) is 18. The summed E-state index contributed by atoms with van der Waals surface area (Å²) in [6.45, 7) is 1.96. The van der Waals surface area contributed by atoms with E-state index in [-0.39, 0.29) is 82.6 Å². The Hall–Kier alpha value is -3.60. The molecule has 0 fully saturated rings. The van der Waals surface area contributed by atoms with Crippen molar-refractivity contribution < 1.29 is 42.8 Å². The predicted octanol–water partition coefficient (Wildman–Crippen LogP) is 0.186. The van der Waals surface area contributed by atoms with Crippen LogP contribution >= 0.6 is 23.2 Å². The van der Waals surface area contributed by atoms with Crippen LogP contribution in [0.5, 0.6) is 0 Å². The smallest absolute Gasteiger partial charge is 0.294 e. The molecule has 2 heterocycles. The van der Waals surface area contributed by atoms with Gasteiger partial charge in [0.15, 0.2) is 5.08 Å². The molecule has 0 saturated heterocycles. The zero-order valence-corrected chi connectivity index (χ0v) is 30.6. The molecule has 0 aliphatic carbocycles. The third-order valence-electron chi connectivity index (χ3n) is 5.80. The van der Waals surface area contributed by atoms with Gasteiger partial charge in [0.05, 0.1) is 9.80 Å². The number of hydrogen-bond donors (Lipinski definition) is 8. The SMILES string of the molecule is C/C(=C\CNc1nc(Cl)nc(NCCNS(=O)(=O)CS(=O)(=O)NCCNc2nc(Cl)nc(Nc3cc(S(=O)(=O)O)ccc3C)n2)n1)S(=O)(=O)O. The first-order valence-corrected chi connectivity index (χ1v) is 20.5. The van der Waals surface area contributed by atoms with Crippen LogP contribution in [0, 0.1) is 6.92 Å². The van der Waals surface area contributed by atoms with E-state index >= 15 is 0 Å². The van der Waals surface area contributed by atoms with Gasteiger partial charge in [-0.15, -0.1) is 0 Å². The van der Waals surface area contributed by atoms with Crippen molar-refractivity contribution in [1.82, 2.24) is 39.3 Å². The largest absolute Gasteiger partial charge is 0.353 e. The normalized spacial score (nSPS) is 12.8. The number of aryl methyl sites for hydroxylation is 1. The van der Waals surface area contributed by atoms with Crippen molar-refractivity contribution in [1.29, 1.82) is 0 Å². The van der Waals surface area contributed by atoms with Crippen molar-refractivity contribution in [3.8, 4) is 0 Å². The number of halogens is 2. The summed E-state index contributed by atoms with van der Waals surface area (Å²) in [7, 11) is -17.5. The summed E-state index contributed by atoms with van der Waals surface area (Å²) in [5.74, 6) is -0.336. The topological polar surface area (TPSA) is 327 Å². The Balaban J connectivity index is 1.46. The number of benzene rings is 1. The van der Waals surface area contributed by atoms with Crippen LogP contribution in [0.2, 0.25) is 10.6 Å². The molecule has 0 spiro atoms. The molecule has 276 valence electrons. The fourth-order valence-electron chi connectivity index (χ4n) is 3.45. The van der Waals surface area contributed by atoms with Gasteiger partial charge >= 0.3 is 0 Å². The molecular formula is C22H30Cl2N12O10S4. The summed E-state index contributed by atoms with van der Waals surface area (Å²) in [6.07, 6.45) is 1.16. The number of sulfonamides is 2. The predicted molar refractivity (Wildman–Crippen MR) is 183 cm³/mol. The first kappa shape index (κ1) is 40.8. The van der Waals surface area contributed by atoms with E-state index in [9.17, 15) is 38.2 Å². The minimum atomic E-state index is -4.48. The zero-order chi connectivity index (χ0) is 37.3. The molecule has 28 heteroatoms. The Labute approximate surface area is 297 Å². The quantitative estimate of drug-likeness (QED) is 0.0591. The van der Waals surface area contributed by atoms with Crippen molar-refractivity contribution in [2.45, 2.75) is 18.7 Å². The molecular weight excluding hydrogens is 791 g/mol. The molecule has 0 bridgehead atoms. The molecule has 1 aromatic carbocycles. The lowest BCUT2D eigenvalue weighted by atomic mass is 10.2. The summed E-state index contributed by atoms with van der Waals surface area (Å²) in [5.41, 5.74) is 0.821. The highest BCUT2D eigenvalue weighted by Gasteiger charge is 2.21. The first-order chi connectivity index (χ1) is 23.1. The molecule has 3 aromatic rings. The molecule has 2 aromatic heterocycles. The van der Waals surface area contributed by atoms with E-state index in [4.69, 9.17) is 27.8 Å². The van der Waals surface area contributed by atoms with Gasteiger partial charge in [0.2, 0.25) is 54.4 Å². The third kappa shape index (κ3) is 14.0. The van der Waals surface area contributed by atoms with Gasteiger partial charge in [-0.2, -0.15) is 46.7 Å². The van der Waals surface area contributed by atoms with Crippen molar-refractivity contribution in [2.24, 2.45) is 0 Å². The van der Waals surface area contributed by atoms with Gasteiger partial charge in [0, 0.05) is 38.4 Å². The Morgan fingerprint density at radius 3 is 1.70 bits per heavy atom. The Morgan fingerprint density at radius 2 is 1.20 bits per heavy atom. The monoisotopic (exact) mass is 820 g/mol. The molecule has 0 aliphatic heterocycles. The second-order valence-corrected chi connectivity index (χ2v) is 17.4. The van der Waals surface area contributed by atoms with Crippen LogP contribution in [0.4, 0.5) is 29.5 Å². The summed E-state index contributed by atoms with van der Waals surface area (Å²) in [6, 6.07) is 3.81. The molecule has 50 heavy (non-hydrogen) atoms. The average molecular weight is 822 g/mol. The van der Waals surface area contributed by atoms with Gasteiger partial charge in [0.25, 0.3) is 20.2 Å². The van der Waals surface area contributed by atoms with E-state index in [0.29, 0.717) is 5.56 Å². The molecule has 8 N–H and O–H groups in total. The fourth-order valence-corrected chi connectivity index (χ4v) is 7.70. The number of allylic oxidation sites excluding steroid dienone is 1. The molecule has 0 radical (unpaired) electrons. The first-order valence-electron chi connectivity index (χ1n) is 13.6. The van der Waals surface area contributed by atoms with Crippen LogP contribution in [-0.4, -0.2) is 110 Å². The lowest BCUT2D eigenvalue weighted by Gasteiger charge is -2.12. The number of nitrogens with one attached hydrogen (secondary N) is 6. The number of aromatic nitrogens is 6. The summed E-state index contributed by atoms with van der Waals surface area (Å²) in [4.78, 5) is 22.8. The fraction of sp³-hybridized carbons (Fsp3) is 0.364. The second-order valence-electron chi connectivity index (χ2n) is 9.74. The van der Waals surface area contributed by atoms with Crippen LogP contribution < -0.4 is 30.7 Å². The molecule has 0 atom stereocenters. The number of rotatable bonds is 19. The highest BCUT2D eigenvalue weighted by atomic mass is 35.5. The molecule has 0 aliphatic rings. The van der Waals surface area contributed by atoms with Gasteiger partial charge in [-0.1, -0.05) is 6.07 Å². The standard InChI is InChI=1S/C22H30Cl2N12O10S4/c1-13-3-4-15(50(44,45)46)11-16(13)30-22-34-18(24)33-21(36-22)27-8-10-29-48(39,40)12-47(37,38)28-9-7-26-20-32-17(23)31-19(35-20)25-6-5-14(2)49(41,42)43/h3-5,11,28-29H,6-10,12H2,1-2H3,(H,41,42,43)(H,44,45,46)(H2,25,26,31,32,35)(H2,27,30,33,34,36)/b14-5+. The van der Waals surface area contributed by atoms with Crippen LogP contribution in [0.3, 0.4) is 0 Å². The van der Waals surface area contributed by atoms with E-state index in [0.717, 1.165) is 12.1 Å². The zero-order valence-electron chi connectivity index (χ0n) is 25.8.